The van der Waals surface area contributed by atoms with E-state index in [0.717, 1.165) is 12.1 Å². The molecule has 0 radical (unpaired) electrons. The fourth-order valence-electron chi connectivity index (χ4n) is 3.62. The second kappa shape index (κ2) is 3.73. The van der Waals surface area contributed by atoms with Crippen LogP contribution in [0.25, 0.3) is 0 Å². The number of hydrogen-bond acceptors (Lipinski definition) is 2. The fourth-order valence-corrected chi connectivity index (χ4v) is 3.62. The predicted octanol–water partition coefficient (Wildman–Crippen LogP) is 2.39. The SMILES string of the molecule is N#Cc1cc2c([nH]c1=O)C1(CCCC1)CCC2. The van der Waals surface area contributed by atoms with Crippen LogP contribution in [0.2, 0.25) is 0 Å². The Bertz CT molecular complexity index is 544. The molecule has 3 heteroatoms. The highest BCUT2D eigenvalue weighted by Gasteiger charge is 2.39. The minimum Gasteiger partial charge on any atom is -0.324 e. The quantitative estimate of drug-likeness (QED) is 0.741. The number of H-pyrrole nitrogens is 1. The minimum atomic E-state index is -0.209. The molecule has 3 nitrogen and oxygen atoms in total. The molecule has 3 rings (SSSR count). The number of pyridine rings is 1. The van der Waals surface area contributed by atoms with E-state index < -0.39 is 0 Å². The highest BCUT2D eigenvalue weighted by atomic mass is 16.1. The zero-order chi connectivity index (χ0) is 11.9. The molecule has 0 amide bonds. The molecular formula is C14H16N2O. The van der Waals surface area contributed by atoms with Crippen molar-refractivity contribution < 1.29 is 0 Å². The van der Waals surface area contributed by atoms with Gasteiger partial charge in [-0.05, 0) is 43.7 Å². The highest BCUT2D eigenvalue weighted by Crippen LogP contribution is 2.47. The van der Waals surface area contributed by atoms with Crippen LogP contribution in [0, 0.1) is 11.3 Å². The number of hydrogen-bond donors (Lipinski definition) is 1. The Morgan fingerprint density at radius 1 is 1.24 bits per heavy atom. The molecule has 0 aliphatic heterocycles. The van der Waals surface area contributed by atoms with Crippen molar-refractivity contribution in [3.05, 3.63) is 33.2 Å². The first-order chi connectivity index (χ1) is 8.25. The van der Waals surface area contributed by atoms with Crippen LogP contribution in [0.1, 0.15) is 55.3 Å². The molecule has 0 aromatic carbocycles. The summed E-state index contributed by atoms with van der Waals surface area (Å²) in [5.74, 6) is 0. The summed E-state index contributed by atoms with van der Waals surface area (Å²) < 4.78 is 0. The zero-order valence-corrected chi connectivity index (χ0v) is 9.88. The Morgan fingerprint density at radius 2 is 1.94 bits per heavy atom. The van der Waals surface area contributed by atoms with E-state index in [4.69, 9.17) is 5.26 Å². The fraction of sp³-hybridized carbons (Fsp3) is 0.571. The largest absolute Gasteiger partial charge is 0.324 e. The first kappa shape index (κ1) is 10.6. The van der Waals surface area contributed by atoms with Gasteiger partial charge in [0.2, 0.25) is 0 Å². The Morgan fingerprint density at radius 3 is 2.65 bits per heavy atom. The van der Waals surface area contributed by atoms with E-state index >= 15 is 0 Å². The average Bonchev–Trinajstić information content (AvgIpc) is 2.79. The van der Waals surface area contributed by atoms with Gasteiger partial charge in [0.25, 0.3) is 5.56 Å². The summed E-state index contributed by atoms with van der Waals surface area (Å²) in [5.41, 5.74) is 2.62. The summed E-state index contributed by atoms with van der Waals surface area (Å²) in [4.78, 5) is 14.8. The maximum absolute atomic E-state index is 11.8. The minimum absolute atomic E-state index is 0.209. The van der Waals surface area contributed by atoms with Gasteiger partial charge >= 0.3 is 0 Å². The van der Waals surface area contributed by atoms with Gasteiger partial charge < -0.3 is 4.98 Å². The summed E-state index contributed by atoms with van der Waals surface area (Å²) in [6.07, 6.45) is 8.31. The van der Waals surface area contributed by atoms with Crippen LogP contribution < -0.4 is 5.56 Å². The lowest BCUT2D eigenvalue weighted by Gasteiger charge is -2.35. The summed E-state index contributed by atoms with van der Waals surface area (Å²) in [7, 11) is 0. The first-order valence-electron chi connectivity index (χ1n) is 6.42. The lowest BCUT2D eigenvalue weighted by molar-refractivity contribution is 0.357. The Kier molecular flexibility index (Phi) is 2.32. The molecule has 1 heterocycles. The maximum Gasteiger partial charge on any atom is 0.266 e. The number of nitrogens with zero attached hydrogens (tertiary/aromatic N) is 1. The molecule has 0 bridgehead atoms. The number of aromatic amines is 1. The molecule has 1 fully saturated rings. The second-order valence-electron chi connectivity index (χ2n) is 5.37. The van der Waals surface area contributed by atoms with Crippen LogP contribution in [-0.2, 0) is 11.8 Å². The van der Waals surface area contributed by atoms with E-state index in [1.54, 1.807) is 0 Å². The Hall–Kier alpha value is -1.56. The van der Waals surface area contributed by atoms with Gasteiger partial charge in [-0.15, -0.1) is 0 Å². The molecule has 2 aliphatic rings. The third-order valence-corrected chi connectivity index (χ3v) is 4.44. The standard InChI is InChI=1S/C14H16N2O/c15-9-11-8-10-4-3-7-14(5-1-2-6-14)12(10)16-13(11)17/h8H,1-7H2,(H,16,17). The van der Waals surface area contributed by atoms with Crippen molar-refractivity contribution in [1.29, 1.82) is 5.26 Å². The third kappa shape index (κ3) is 1.51. The molecule has 1 N–H and O–H groups in total. The number of rotatable bonds is 0. The molecule has 17 heavy (non-hydrogen) atoms. The van der Waals surface area contributed by atoms with Crippen LogP contribution in [0.15, 0.2) is 10.9 Å². The monoisotopic (exact) mass is 228 g/mol. The molecular weight excluding hydrogens is 212 g/mol. The van der Waals surface area contributed by atoms with Crippen LogP contribution >= 0.6 is 0 Å². The number of fused-ring (bicyclic) bond motifs is 2. The van der Waals surface area contributed by atoms with Crippen molar-refractivity contribution in [3.63, 3.8) is 0 Å². The Labute approximate surface area is 100 Å². The van der Waals surface area contributed by atoms with Crippen LogP contribution in [-0.4, -0.2) is 4.98 Å². The van der Waals surface area contributed by atoms with E-state index in [0.29, 0.717) is 0 Å². The van der Waals surface area contributed by atoms with Crippen molar-refractivity contribution in [1.82, 2.24) is 4.98 Å². The lowest BCUT2D eigenvalue weighted by Crippen LogP contribution is -2.32. The lowest BCUT2D eigenvalue weighted by atomic mass is 9.71. The number of nitriles is 1. The second-order valence-corrected chi connectivity index (χ2v) is 5.37. The molecule has 1 aromatic heterocycles. The molecule has 0 atom stereocenters. The van der Waals surface area contributed by atoms with Gasteiger partial charge in [-0.25, -0.2) is 0 Å². The van der Waals surface area contributed by atoms with E-state index in [1.165, 1.54) is 44.1 Å². The van der Waals surface area contributed by atoms with Gasteiger partial charge in [0, 0.05) is 11.1 Å². The van der Waals surface area contributed by atoms with Gasteiger partial charge in [0.05, 0.1) is 0 Å². The van der Waals surface area contributed by atoms with Crippen LogP contribution in [0.3, 0.4) is 0 Å². The molecule has 1 spiro atoms. The topological polar surface area (TPSA) is 56.6 Å². The van der Waals surface area contributed by atoms with E-state index in [1.807, 2.05) is 12.1 Å². The average molecular weight is 228 g/mol. The number of aryl methyl sites for hydroxylation is 1. The zero-order valence-electron chi connectivity index (χ0n) is 9.88. The molecule has 0 unspecified atom stereocenters. The maximum atomic E-state index is 11.8. The van der Waals surface area contributed by atoms with Crippen LogP contribution in [0.5, 0.6) is 0 Å². The van der Waals surface area contributed by atoms with Gasteiger partial charge in [0.1, 0.15) is 11.6 Å². The molecule has 88 valence electrons. The predicted molar refractivity (Wildman–Crippen MR) is 64.9 cm³/mol. The molecule has 0 saturated heterocycles. The van der Waals surface area contributed by atoms with Gasteiger partial charge in [0.15, 0.2) is 0 Å². The highest BCUT2D eigenvalue weighted by molar-refractivity contribution is 5.38. The van der Waals surface area contributed by atoms with Crippen molar-refractivity contribution in [2.75, 3.05) is 0 Å². The smallest absolute Gasteiger partial charge is 0.266 e. The summed E-state index contributed by atoms with van der Waals surface area (Å²) in [6.45, 7) is 0. The normalized spacial score (nSPS) is 21.1. The summed E-state index contributed by atoms with van der Waals surface area (Å²) >= 11 is 0. The van der Waals surface area contributed by atoms with Crippen molar-refractivity contribution in [2.45, 2.75) is 50.4 Å². The van der Waals surface area contributed by atoms with E-state index in [9.17, 15) is 4.79 Å². The Balaban J connectivity index is 2.18. The van der Waals surface area contributed by atoms with Crippen molar-refractivity contribution in [3.8, 4) is 6.07 Å². The van der Waals surface area contributed by atoms with E-state index in [2.05, 4.69) is 4.98 Å². The molecule has 1 saturated carbocycles. The van der Waals surface area contributed by atoms with E-state index in [-0.39, 0.29) is 16.5 Å². The number of aromatic nitrogens is 1. The van der Waals surface area contributed by atoms with Gasteiger partial charge in [-0.1, -0.05) is 12.8 Å². The van der Waals surface area contributed by atoms with Gasteiger partial charge in [-0.2, -0.15) is 5.26 Å². The van der Waals surface area contributed by atoms with Gasteiger partial charge in [-0.3, -0.25) is 4.79 Å². The van der Waals surface area contributed by atoms with Crippen molar-refractivity contribution in [2.24, 2.45) is 0 Å². The third-order valence-electron chi connectivity index (χ3n) is 4.44. The molecule has 2 aliphatic carbocycles. The first-order valence-corrected chi connectivity index (χ1v) is 6.42. The van der Waals surface area contributed by atoms with Crippen molar-refractivity contribution >= 4 is 0 Å². The summed E-state index contributed by atoms with van der Waals surface area (Å²) in [6, 6.07) is 3.79. The summed E-state index contributed by atoms with van der Waals surface area (Å²) in [5, 5.41) is 8.91. The molecule has 1 aromatic rings. The number of nitrogens with one attached hydrogen (secondary N) is 1. The van der Waals surface area contributed by atoms with Crippen LogP contribution in [0.4, 0.5) is 0 Å².